The molecule has 4 rings (SSSR count). The quantitative estimate of drug-likeness (QED) is 0.486. The molecule has 9 heteroatoms. The fourth-order valence-electron chi connectivity index (χ4n) is 3.56. The first-order valence-electron chi connectivity index (χ1n) is 9.38. The monoisotopic (exact) mass is 440 g/mol. The summed E-state index contributed by atoms with van der Waals surface area (Å²) in [6.45, 7) is -0.0221. The van der Waals surface area contributed by atoms with Crippen LogP contribution in [-0.2, 0) is 12.7 Å². The van der Waals surface area contributed by atoms with Crippen molar-refractivity contribution in [3.63, 3.8) is 0 Å². The van der Waals surface area contributed by atoms with E-state index in [1.807, 2.05) is 0 Å². The number of pyridine rings is 2. The number of hydrogen-bond donors (Lipinski definition) is 2. The van der Waals surface area contributed by atoms with Crippen molar-refractivity contribution in [1.29, 1.82) is 0 Å². The van der Waals surface area contributed by atoms with Crippen LogP contribution in [0.5, 0.6) is 5.75 Å². The lowest BCUT2D eigenvalue weighted by Gasteiger charge is -2.17. The van der Waals surface area contributed by atoms with E-state index in [0.29, 0.717) is 5.56 Å². The van der Waals surface area contributed by atoms with Crippen molar-refractivity contribution in [3.05, 3.63) is 94.0 Å². The second kappa shape index (κ2) is 7.84. The van der Waals surface area contributed by atoms with Crippen molar-refractivity contribution in [1.82, 2.24) is 9.55 Å². The van der Waals surface area contributed by atoms with Crippen molar-refractivity contribution in [2.45, 2.75) is 12.7 Å². The van der Waals surface area contributed by atoms with Gasteiger partial charge in [-0.05, 0) is 23.3 Å². The largest absolute Gasteiger partial charge is 0.505 e. The third-order valence-electron chi connectivity index (χ3n) is 5.04. The number of alkyl halides is 3. The predicted molar refractivity (Wildman–Crippen MR) is 111 cm³/mol. The van der Waals surface area contributed by atoms with Crippen molar-refractivity contribution in [2.24, 2.45) is 0 Å². The number of rotatable bonds is 4. The van der Waals surface area contributed by atoms with Gasteiger partial charge in [0.05, 0.1) is 23.8 Å². The van der Waals surface area contributed by atoms with Crippen LogP contribution in [0.3, 0.4) is 0 Å². The van der Waals surface area contributed by atoms with Gasteiger partial charge >= 0.3 is 12.1 Å². The van der Waals surface area contributed by atoms with Crippen LogP contribution in [0.2, 0.25) is 0 Å². The minimum absolute atomic E-state index is 0.0221. The molecule has 0 saturated carbocycles. The van der Waals surface area contributed by atoms with Gasteiger partial charge in [0.2, 0.25) is 0 Å². The number of aromatic carboxylic acids is 1. The summed E-state index contributed by atoms with van der Waals surface area (Å²) in [6, 6.07) is 14.4. The van der Waals surface area contributed by atoms with Crippen LogP contribution in [0.4, 0.5) is 13.2 Å². The Bertz CT molecular complexity index is 1400. The Morgan fingerprint density at radius 1 is 1.00 bits per heavy atom. The Labute approximate surface area is 178 Å². The van der Waals surface area contributed by atoms with Crippen LogP contribution in [0.1, 0.15) is 21.6 Å². The second-order valence-electron chi connectivity index (χ2n) is 7.04. The van der Waals surface area contributed by atoms with E-state index in [9.17, 15) is 33.0 Å². The van der Waals surface area contributed by atoms with Gasteiger partial charge in [-0.2, -0.15) is 13.2 Å². The standard InChI is InChI=1S/C23H15F3N2O4/c24-23(25,26)17-9-5-4-8-14(17)15-10-16-18(11-27-19(20(16)29)22(31)32)28(21(15)30)12-13-6-2-1-3-7-13/h1-11,29H,12H2,(H,31,32). The zero-order chi connectivity index (χ0) is 23.0. The topological polar surface area (TPSA) is 92.4 Å². The Morgan fingerprint density at radius 3 is 2.31 bits per heavy atom. The number of halogens is 3. The fraction of sp³-hybridized carbons (Fsp3) is 0.0870. The molecule has 0 amide bonds. The molecular formula is C23H15F3N2O4. The van der Waals surface area contributed by atoms with Crippen molar-refractivity contribution in [2.75, 3.05) is 0 Å². The van der Waals surface area contributed by atoms with Crippen molar-refractivity contribution in [3.8, 4) is 16.9 Å². The maximum Gasteiger partial charge on any atom is 0.417 e. The lowest BCUT2D eigenvalue weighted by molar-refractivity contribution is -0.137. The van der Waals surface area contributed by atoms with Gasteiger partial charge < -0.3 is 14.8 Å². The molecule has 0 unspecified atom stereocenters. The minimum atomic E-state index is -4.73. The van der Waals surface area contributed by atoms with Gasteiger partial charge in [-0.3, -0.25) is 4.79 Å². The molecule has 0 bridgehead atoms. The summed E-state index contributed by atoms with van der Waals surface area (Å²) in [5.74, 6) is -2.25. The summed E-state index contributed by atoms with van der Waals surface area (Å²) >= 11 is 0. The molecule has 0 aliphatic carbocycles. The van der Waals surface area contributed by atoms with E-state index < -0.39 is 34.7 Å². The van der Waals surface area contributed by atoms with Gasteiger partial charge in [0.1, 0.15) is 0 Å². The number of benzene rings is 2. The molecule has 2 heterocycles. The SMILES string of the molecule is O=C(O)c1ncc2c(cc(-c3ccccc3C(F)(F)F)c(=O)n2Cc2ccccc2)c1O. The van der Waals surface area contributed by atoms with E-state index >= 15 is 0 Å². The van der Waals surface area contributed by atoms with Crippen molar-refractivity contribution < 1.29 is 28.2 Å². The number of aromatic nitrogens is 2. The Balaban J connectivity index is 2.09. The first-order chi connectivity index (χ1) is 15.2. The zero-order valence-corrected chi connectivity index (χ0v) is 16.3. The number of carboxylic acids is 1. The normalized spacial score (nSPS) is 11.6. The Hall–Kier alpha value is -4.14. The molecule has 4 aromatic rings. The van der Waals surface area contributed by atoms with Crippen LogP contribution in [-0.4, -0.2) is 25.7 Å². The van der Waals surface area contributed by atoms with E-state index in [1.165, 1.54) is 16.7 Å². The molecule has 2 aromatic carbocycles. The summed E-state index contributed by atoms with van der Waals surface area (Å²) < 4.78 is 42.1. The van der Waals surface area contributed by atoms with Gasteiger partial charge in [-0.15, -0.1) is 0 Å². The average Bonchev–Trinajstić information content (AvgIpc) is 2.76. The number of carboxylic acid groups (broad SMARTS) is 1. The third-order valence-corrected chi connectivity index (χ3v) is 5.04. The van der Waals surface area contributed by atoms with Gasteiger partial charge in [0, 0.05) is 10.9 Å². The number of carbonyl (C=O) groups is 1. The zero-order valence-electron chi connectivity index (χ0n) is 16.3. The number of hydrogen-bond acceptors (Lipinski definition) is 4. The summed E-state index contributed by atoms with van der Waals surface area (Å²) in [4.78, 5) is 28.5. The molecule has 0 saturated heterocycles. The van der Waals surface area contributed by atoms with Crippen LogP contribution >= 0.6 is 0 Å². The number of aromatic hydroxyl groups is 1. The van der Waals surface area contributed by atoms with E-state index in [1.54, 1.807) is 30.3 Å². The van der Waals surface area contributed by atoms with Crippen LogP contribution in [0, 0.1) is 0 Å². The van der Waals surface area contributed by atoms with E-state index in [0.717, 1.165) is 24.4 Å². The highest BCUT2D eigenvalue weighted by atomic mass is 19.4. The summed E-state index contributed by atoms with van der Waals surface area (Å²) in [6.07, 6.45) is -3.61. The minimum Gasteiger partial charge on any atom is -0.505 e. The molecule has 32 heavy (non-hydrogen) atoms. The van der Waals surface area contributed by atoms with E-state index in [2.05, 4.69) is 4.98 Å². The van der Waals surface area contributed by atoms with Gasteiger partial charge in [0.25, 0.3) is 5.56 Å². The molecule has 0 atom stereocenters. The molecule has 0 aliphatic rings. The lowest BCUT2D eigenvalue weighted by atomic mass is 9.98. The van der Waals surface area contributed by atoms with Crippen LogP contribution < -0.4 is 5.56 Å². The van der Waals surface area contributed by atoms with E-state index in [4.69, 9.17) is 0 Å². The first kappa shape index (κ1) is 21.1. The Kier molecular flexibility index (Phi) is 5.17. The average molecular weight is 440 g/mol. The first-order valence-corrected chi connectivity index (χ1v) is 9.38. The summed E-state index contributed by atoms with van der Waals surface area (Å²) in [7, 11) is 0. The van der Waals surface area contributed by atoms with Crippen LogP contribution in [0.25, 0.3) is 22.0 Å². The van der Waals surface area contributed by atoms with Gasteiger partial charge in [-0.25, -0.2) is 9.78 Å². The fourth-order valence-corrected chi connectivity index (χ4v) is 3.56. The predicted octanol–water partition coefficient (Wildman–Crippen LogP) is 4.53. The maximum absolute atomic E-state index is 13.6. The molecule has 0 aliphatic heterocycles. The van der Waals surface area contributed by atoms with Crippen LogP contribution in [0.15, 0.2) is 71.7 Å². The smallest absolute Gasteiger partial charge is 0.417 e. The molecule has 2 N–H and O–H groups in total. The molecule has 162 valence electrons. The molecule has 0 radical (unpaired) electrons. The second-order valence-corrected chi connectivity index (χ2v) is 7.04. The Morgan fingerprint density at radius 2 is 1.66 bits per heavy atom. The van der Waals surface area contributed by atoms with Gasteiger partial charge in [-0.1, -0.05) is 48.5 Å². The lowest BCUT2D eigenvalue weighted by Crippen LogP contribution is -2.24. The highest BCUT2D eigenvalue weighted by molar-refractivity contribution is 5.98. The van der Waals surface area contributed by atoms with Gasteiger partial charge in [0.15, 0.2) is 11.4 Å². The maximum atomic E-state index is 13.6. The van der Waals surface area contributed by atoms with E-state index in [-0.39, 0.29) is 28.6 Å². The highest BCUT2D eigenvalue weighted by Gasteiger charge is 2.34. The summed E-state index contributed by atoms with van der Waals surface area (Å²) in [5, 5.41) is 19.7. The molecular weight excluding hydrogens is 425 g/mol. The molecule has 0 spiro atoms. The highest BCUT2D eigenvalue weighted by Crippen LogP contribution is 2.37. The van der Waals surface area contributed by atoms with Crippen molar-refractivity contribution >= 4 is 16.9 Å². The molecule has 6 nitrogen and oxygen atoms in total. The third kappa shape index (κ3) is 3.68. The summed E-state index contributed by atoms with van der Waals surface area (Å²) in [5.41, 5.74) is -2.34. The molecule has 0 fully saturated rings. The number of nitrogens with zero attached hydrogens (tertiary/aromatic N) is 2. The number of fused-ring (bicyclic) bond motifs is 1. The molecule has 2 aromatic heterocycles.